The number of piperidine rings is 1. The van der Waals surface area contributed by atoms with Gasteiger partial charge in [0.25, 0.3) is 0 Å². The molecule has 0 bridgehead atoms. The van der Waals surface area contributed by atoms with Crippen LogP contribution in [0.1, 0.15) is 63.4 Å². The average Bonchev–Trinajstić information content (AvgIpc) is 2.69. The van der Waals surface area contributed by atoms with E-state index in [1.54, 1.807) is 0 Å². The Bertz CT molecular complexity index is 623. The number of aryl methyl sites for hydroxylation is 1. The highest BCUT2D eigenvalue weighted by Crippen LogP contribution is 2.23. The number of nitrogens with zero attached hydrogens (tertiary/aromatic N) is 1. The number of nitrogens with one attached hydrogen (secondary N) is 2. The van der Waals surface area contributed by atoms with E-state index in [1.165, 1.54) is 24.8 Å². The van der Waals surface area contributed by atoms with Gasteiger partial charge in [0, 0.05) is 31.2 Å². The van der Waals surface area contributed by atoms with Gasteiger partial charge < -0.3 is 15.5 Å². The van der Waals surface area contributed by atoms with Gasteiger partial charge in [0.05, 0.1) is 0 Å². The number of urea groups is 1. The third-order valence-electron chi connectivity index (χ3n) is 5.86. The molecule has 2 fully saturated rings. The van der Waals surface area contributed by atoms with Crippen molar-refractivity contribution in [2.75, 3.05) is 18.4 Å². The Hall–Kier alpha value is -2.04. The van der Waals surface area contributed by atoms with Crippen molar-refractivity contribution in [3.05, 3.63) is 29.8 Å². The van der Waals surface area contributed by atoms with Crippen molar-refractivity contribution in [1.29, 1.82) is 0 Å². The van der Waals surface area contributed by atoms with E-state index in [4.69, 9.17) is 0 Å². The Morgan fingerprint density at radius 1 is 1.04 bits per heavy atom. The lowest BCUT2D eigenvalue weighted by Gasteiger charge is -2.33. The molecule has 1 unspecified atom stereocenters. The van der Waals surface area contributed by atoms with E-state index in [9.17, 15) is 9.59 Å². The van der Waals surface area contributed by atoms with Crippen LogP contribution in [0.15, 0.2) is 24.3 Å². The molecule has 1 saturated carbocycles. The molecule has 3 amide bonds. The predicted molar refractivity (Wildman–Crippen MR) is 109 cm³/mol. The zero-order valence-corrected chi connectivity index (χ0v) is 16.5. The van der Waals surface area contributed by atoms with Crippen molar-refractivity contribution in [3.8, 4) is 0 Å². The highest BCUT2D eigenvalue weighted by atomic mass is 16.2. The highest BCUT2D eigenvalue weighted by Gasteiger charge is 2.24. The minimum atomic E-state index is -0.0322. The molecule has 1 aromatic rings. The summed E-state index contributed by atoms with van der Waals surface area (Å²) >= 11 is 0. The van der Waals surface area contributed by atoms with Gasteiger partial charge in [-0.15, -0.1) is 0 Å². The molecule has 5 nitrogen and oxygen atoms in total. The predicted octanol–water partition coefficient (Wildman–Crippen LogP) is 4.47. The summed E-state index contributed by atoms with van der Waals surface area (Å²) in [5, 5.41) is 6.18. The van der Waals surface area contributed by atoms with E-state index in [-0.39, 0.29) is 11.9 Å². The first-order valence-corrected chi connectivity index (χ1v) is 10.5. The molecule has 1 saturated heterocycles. The van der Waals surface area contributed by atoms with Crippen molar-refractivity contribution in [1.82, 2.24) is 10.2 Å². The van der Waals surface area contributed by atoms with Crippen LogP contribution in [-0.2, 0) is 4.79 Å². The maximum Gasteiger partial charge on any atom is 0.321 e. The number of hydrogen-bond donors (Lipinski definition) is 2. The fourth-order valence-corrected chi connectivity index (χ4v) is 4.21. The summed E-state index contributed by atoms with van der Waals surface area (Å²) in [5.41, 5.74) is 2.01. The van der Waals surface area contributed by atoms with Gasteiger partial charge >= 0.3 is 6.03 Å². The molecule has 1 aliphatic heterocycles. The number of carbonyl (C=O) groups is 2. The quantitative estimate of drug-likeness (QED) is 0.802. The van der Waals surface area contributed by atoms with Crippen molar-refractivity contribution in [2.24, 2.45) is 5.92 Å². The molecule has 1 atom stereocenters. The lowest BCUT2D eigenvalue weighted by Crippen LogP contribution is -2.42. The molecule has 1 aromatic carbocycles. The number of hydrogen-bond acceptors (Lipinski definition) is 2. The number of benzene rings is 1. The van der Waals surface area contributed by atoms with Gasteiger partial charge in [0.1, 0.15) is 0 Å². The summed E-state index contributed by atoms with van der Waals surface area (Å²) in [6.45, 7) is 3.57. The molecule has 3 rings (SSSR count). The minimum Gasteiger partial charge on any atom is -0.353 e. The Labute approximate surface area is 162 Å². The molecule has 0 spiro atoms. The smallest absolute Gasteiger partial charge is 0.321 e. The first-order chi connectivity index (χ1) is 13.1. The summed E-state index contributed by atoms with van der Waals surface area (Å²) in [5.74, 6) is 0.600. The molecule has 148 valence electrons. The monoisotopic (exact) mass is 371 g/mol. The molecule has 2 N–H and O–H groups in total. The first kappa shape index (κ1) is 19.7. The first-order valence-electron chi connectivity index (χ1n) is 10.5. The Kier molecular flexibility index (Phi) is 7.13. The molecule has 0 radical (unpaired) electrons. The van der Waals surface area contributed by atoms with Crippen LogP contribution in [0.3, 0.4) is 0 Å². The van der Waals surface area contributed by atoms with Gasteiger partial charge in [-0.2, -0.15) is 0 Å². The lowest BCUT2D eigenvalue weighted by atomic mass is 9.92. The second-order valence-electron chi connectivity index (χ2n) is 8.19. The van der Waals surface area contributed by atoms with Gasteiger partial charge in [0.2, 0.25) is 5.91 Å². The number of anilines is 1. The highest BCUT2D eigenvalue weighted by molar-refractivity contribution is 5.89. The summed E-state index contributed by atoms with van der Waals surface area (Å²) in [6, 6.07) is 8.22. The van der Waals surface area contributed by atoms with E-state index < -0.39 is 0 Å². The molecule has 1 aliphatic carbocycles. The lowest BCUT2D eigenvalue weighted by molar-refractivity contribution is -0.122. The van der Waals surface area contributed by atoms with Crippen LogP contribution in [0.25, 0.3) is 0 Å². The number of likely N-dealkylation sites (tertiary alicyclic amines) is 1. The number of carbonyl (C=O) groups excluding carboxylic acids is 2. The van der Waals surface area contributed by atoms with Crippen LogP contribution in [0.5, 0.6) is 0 Å². The third-order valence-corrected chi connectivity index (χ3v) is 5.86. The van der Waals surface area contributed by atoms with Crippen LogP contribution in [0.2, 0.25) is 0 Å². The van der Waals surface area contributed by atoms with Crippen molar-refractivity contribution >= 4 is 17.6 Å². The molecule has 27 heavy (non-hydrogen) atoms. The maximum absolute atomic E-state index is 12.5. The van der Waals surface area contributed by atoms with Crippen LogP contribution in [0.4, 0.5) is 10.5 Å². The zero-order valence-electron chi connectivity index (χ0n) is 16.5. The fraction of sp³-hybridized carbons (Fsp3) is 0.636. The summed E-state index contributed by atoms with van der Waals surface area (Å²) in [6.07, 6.45) is 9.58. The van der Waals surface area contributed by atoms with Crippen molar-refractivity contribution in [2.45, 2.75) is 70.8 Å². The van der Waals surface area contributed by atoms with Gasteiger partial charge in [0.15, 0.2) is 0 Å². The molecule has 0 aromatic heterocycles. The fourth-order valence-electron chi connectivity index (χ4n) is 4.21. The van der Waals surface area contributed by atoms with Gasteiger partial charge in [-0.1, -0.05) is 37.0 Å². The summed E-state index contributed by atoms with van der Waals surface area (Å²) in [4.78, 5) is 26.7. The topological polar surface area (TPSA) is 61.4 Å². The van der Waals surface area contributed by atoms with E-state index in [1.807, 2.05) is 36.1 Å². The standard InChI is InChI=1S/C22H33N3O2/c1-17-9-12-20(13-10-17)24-22(27)25-15-5-6-18(16-25)11-14-21(26)23-19-7-3-2-4-8-19/h9-10,12-13,18-19H,2-8,11,14-16H2,1H3,(H,23,26)(H,24,27). The molecular formula is C22H33N3O2. The Balaban J connectivity index is 1.41. The Morgan fingerprint density at radius 2 is 1.78 bits per heavy atom. The van der Waals surface area contributed by atoms with E-state index >= 15 is 0 Å². The van der Waals surface area contributed by atoms with Crippen molar-refractivity contribution in [3.63, 3.8) is 0 Å². The summed E-state index contributed by atoms with van der Waals surface area (Å²) in [7, 11) is 0. The largest absolute Gasteiger partial charge is 0.353 e. The SMILES string of the molecule is Cc1ccc(NC(=O)N2CCCC(CCC(=O)NC3CCCCC3)C2)cc1. The second-order valence-corrected chi connectivity index (χ2v) is 8.19. The molecule has 2 aliphatic rings. The summed E-state index contributed by atoms with van der Waals surface area (Å²) < 4.78 is 0. The van der Waals surface area contributed by atoms with Gasteiger partial charge in [-0.05, 0) is 57.1 Å². The van der Waals surface area contributed by atoms with Gasteiger partial charge in [-0.3, -0.25) is 4.79 Å². The molecule has 5 heteroatoms. The third kappa shape index (κ3) is 6.26. The van der Waals surface area contributed by atoms with Crippen LogP contribution < -0.4 is 10.6 Å². The average molecular weight is 372 g/mol. The normalized spacial score (nSPS) is 20.9. The van der Waals surface area contributed by atoms with Gasteiger partial charge in [-0.25, -0.2) is 4.79 Å². The van der Waals surface area contributed by atoms with Crippen LogP contribution >= 0.6 is 0 Å². The molecule has 1 heterocycles. The van der Waals surface area contributed by atoms with E-state index in [2.05, 4.69) is 10.6 Å². The van der Waals surface area contributed by atoms with Crippen LogP contribution in [0, 0.1) is 12.8 Å². The van der Waals surface area contributed by atoms with Crippen LogP contribution in [-0.4, -0.2) is 36.0 Å². The number of rotatable bonds is 5. The second kappa shape index (κ2) is 9.77. The Morgan fingerprint density at radius 3 is 2.52 bits per heavy atom. The van der Waals surface area contributed by atoms with Crippen molar-refractivity contribution < 1.29 is 9.59 Å². The van der Waals surface area contributed by atoms with E-state index in [0.717, 1.165) is 50.9 Å². The maximum atomic E-state index is 12.5. The number of amides is 3. The zero-order chi connectivity index (χ0) is 19.1. The van der Waals surface area contributed by atoms with E-state index in [0.29, 0.717) is 18.4 Å². The minimum absolute atomic E-state index is 0.0322. The molecular weight excluding hydrogens is 338 g/mol.